The molecule has 0 fully saturated rings. The maximum absolute atomic E-state index is 12.9. The van der Waals surface area contributed by atoms with E-state index in [1.165, 1.54) is 6.92 Å². The molecule has 12 heteroatoms. The van der Waals surface area contributed by atoms with Gasteiger partial charge in [-0.3, -0.25) is 19.2 Å². The molecule has 0 aliphatic carbocycles. The number of aliphatic carboxylic acids is 2. The summed E-state index contributed by atoms with van der Waals surface area (Å²) in [6, 6.07) is 2.59. The van der Waals surface area contributed by atoms with Crippen LogP contribution in [0.15, 0.2) is 30.5 Å². The number of nitrogens with two attached hydrogens (primary N) is 1. The molecule has 4 atom stereocenters. The van der Waals surface area contributed by atoms with Gasteiger partial charge in [0.1, 0.15) is 18.1 Å². The van der Waals surface area contributed by atoms with Crippen LogP contribution >= 0.6 is 0 Å². The van der Waals surface area contributed by atoms with Crippen molar-refractivity contribution >= 4 is 40.6 Å². The van der Waals surface area contributed by atoms with E-state index in [1.807, 2.05) is 24.3 Å². The zero-order chi connectivity index (χ0) is 26.3. The van der Waals surface area contributed by atoms with E-state index in [9.17, 15) is 29.1 Å². The first kappa shape index (κ1) is 27.3. The third kappa shape index (κ3) is 7.54. The fraction of sp³-hybridized carbons (Fsp3) is 0.435. The predicted octanol–water partition coefficient (Wildman–Crippen LogP) is -0.273. The summed E-state index contributed by atoms with van der Waals surface area (Å²) in [6.07, 6.45) is 1.11. The number of para-hydroxylation sites is 1. The summed E-state index contributed by atoms with van der Waals surface area (Å²) in [4.78, 5) is 63.1. The number of nitrogens with one attached hydrogen (secondary N) is 4. The van der Waals surface area contributed by atoms with E-state index in [0.29, 0.717) is 5.56 Å². The highest BCUT2D eigenvalue weighted by molar-refractivity contribution is 5.95. The SMILES string of the molecule is CC(NC(=O)C(N)CC(=O)O)C(=O)NC(C(=O)NC(Cc1c[nH]c2ccccc12)C(=O)O)C(C)C. The monoisotopic (exact) mass is 489 g/mol. The maximum atomic E-state index is 12.9. The zero-order valence-electron chi connectivity index (χ0n) is 19.7. The average Bonchev–Trinajstić information content (AvgIpc) is 3.18. The van der Waals surface area contributed by atoms with E-state index in [4.69, 9.17) is 10.8 Å². The minimum atomic E-state index is -1.34. The van der Waals surface area contributed by atoms with Crippen molar-refractivity contribution in [2.24, 2.45) is 11.7 Å². The molecular formula is C23H31N5O7. The molecule has 2 rings (SSSR count). The lowest BCUT2D eigenvalue weighted by atomic mass is 10.0. The minimum Gasteiger partial charge on any atom is -0.481 e. The third-order valence-corrected chi connectivity index (χ3v) is 5.44. The molecule has 0 aliphatic rings. The number of H-pyrrole nitrogens is 1. The highest BCUT2D eigenvalue weighted by Gasteiger charge is 2.31. The number of fused-ring (bicyclic) bond motifs is 1. The van der Waals surface area contributed by atoms with E-state index >= 15 is 0 Å². The summed E-state index contributed by atoms with van der Waals surface area (Å²) in [5.41, 5.74) is 7.04. The van der Waals surface area contributed by atoms with Crippen LogP contribution in [-0.4, -0.2) is 69.0 Å². The number of benzene rings is 1. The molecule has 0 radical (unpaired) electrons. The van der Waals surface area contributed by atoms with Gasteiger partial charge in [0.05, 0.1) is 12.5 Å². The van der Waals surface area contributed by atoms with Crippen LogP contribution in [0.4, 0.5) is 0 Å². The van der Waals surface area contributed by atoms with Crippen molar-refractivity contribution in [3.8, 4) is 0 Å². The molecular weight excluding hydrogens is 458 g/mol. The molecule has 3 amide bonds. The molecule has 0 aliphatic heterocycles. The van der Waals surface area contributed by atoms with Gasteiger partial charge in [0.25, 0.3) is 0 Å². The van der Waals surface area contributed by atoms with Crippen molar-refractivity contribution in [1.29, 1.82) is 0 Å². The number of aromatic amines is 1. The lowest BCUT2D eigenvalue weighted by molar-refractivity contribution is -0.142. The van der Waals surface area contributed by atoms with E-state index in [0.717, 1.165) is 10.9 Å². The van der Waals surface area contributed by atoms with Crippen LogP contribution in [-0.2, 0) is 30.4 Å². The normalized spacial score (nSPS) is 14.5. The first-order valence-electron chi connectivity index (χ1n) is 11.1. The van der Waals surface area contributed by atoms with Gasteiger partial charge in [0, 0.05) is 23.5 Å². The van der Waals surface area contributed by atoms with Crippen LogP contribution in [0.3, 0.4) is 0 Å². The Bertz CT molecular complexity index is 1100. The number of rotatable bonds is 12. The quantitative estimate of drug-likeness (QED) is 0.211. The van der Waals surface area contributed by atoms with Crippen LogP contribution in [0.5, 0.6) is 0 Å². The van der Waals surface area contributed by atoms with Gasteiger partial charge in [-0.05, 0) is 24.5 Å². The summed E-state index contributed by atoms with van der Waals surface area (Å²) in [6.45, 7) is 4.70. The number of amides is 3. The van der Waals surface area contributed by atoms with Gasteiger partial charge in [0.2, 0.25) is 17.7 Å². The number of hydrogen-bond acceptors (Lipinski definition) is 6. The second kappa shape index (κ2) is 12.0. The van der Waals surface area contributed by atoms with Crippen molar-refractivity contribution in [2.45, 2.75) is 57.8 Å². The van der Waals surface area contributed by atoms with Crippen molar-refractivity contribution in [1.82, 2.24) is 20.9 Å². The summed E-state index contributed by atoms with van der Waals surface area (Å²) in [7, 11) is 0. The van der Waals surface area contributed by atoms with Crippen LogP contribution in [0, 0.1) is 5.92 Å². The molecule has 8 N–H and O–H groups in total. The van der Waals surface area contributed by atoms with Gasteiger partial charge in [0.15, 0.2) is 0 Å². The van der Waals surface area contributed by atoms with Crippen molar-refractivity contribution in [3.05, 3.63) is 36.0 Å². The van der Waals surface area contributed by atoms with Gasteiger partial charge >= 0.3 is 11.9 Å². The fourth-order valence-corrected chi connectivity index (χ4v) is 3.46. The van der Waals surface area contributed by atoms with Crippen molar-refractivity contribution < 1.29 is 34.2 Å². The lowest BCUT2D eigenvalue weighted by Crippen LogP contribution is -2.58. The Morgan fingerprint density at radius 1 is 0.943 bits per heavy atom. The maximum Gasteiger partial charge on any atom is 0.326 e. The Balaban J connectivity index is 2.05. The Kier molecular flexibility index (Phi) is 9.34. The van der Waals surface area contributed by atoms with Crippen LogP contribution in [0.2, 0.25) is 0 Å². The molecule has 1 aromatic heterocycles. The summed E-state index contributed by atoms with van der Waals surface area (Å²) >= 11 is 0. The smallest absolute Gasteiger partial charge is 0.326 e. The predicted molar refractivity (Wildman–Crippen MR) is 126 cm³/mol. The highest BCUT2D eigenvalue weighted by Crippen LogP contribution is 2.19. The number of carbonyl (C=O) groups is 5. The molecule has 12 nitrogen and oxygen atoms in total. The topological polar surface area (TPSA) is 204 Å². The molecule has 1 heterocycles. The second-order valence-electron chi connectivity index (χ2n) is 8.63. The summed E-state index contributed by atoms with van der Waals surface area (Å²) < 4.78 is 0. The van der Waals surface area contributed by atoms with Crippen molar-refractivity contribution in [3.63, 3.8) is 0 Å². The standard InChI is InChI=1S/C23H31N5O7/c1-11(2)19(28-20(31)12(3)26-21(32)15(24)9-18(29)30)22(33)27-17(23(34)35)8-13-10-25-16-7-5-4-6-14(13)16/h4-7,10-12,15,17,19,25H,8-9,24H2,1-3H3,(H,26,32)(H,27,33)(H,28,31)(H,29,30)(H,34,35). The van der Waals surface area contributed by atoms with Gasteiger partial charge in [-0.25, -0.2) is 4.79 Å². The Labute approximate surface area is 201 Å². The average molecular weight is 490 g/mol. The molecule has 1 aromatic carbocycles. The molecule has 0 saturated carbocycles. The van der Waals surface area contributed by atoms with Crippen LogP contribution in [0.1, 0.15) is 32.8 Å². The molecule has 0 spiro atoms. The lowest BCUT2D eigenvalue weighted by Gasteiger charge is -2.26. The Morgan fingerprint density at radius 3 is 2.20 bits per heavy atom. The first-order chi connectivity index (χ1) is 16.4. The summed E-state index contributed by atoms with van der Waals surface area (Å²) in [5, 5.41) is 26.6. The highest BCUT2D eigenvalue weighted by atomic mass is 16.4. The fourth-order valence-electron chi connectivity index (χ4n) is 3.46. The van der Waals surface area contributed by atoms with E-state index in [2.05, 4.69) is 20.9 Å². The number of carboxylic acids is 2. The van der Waals surface area contributed by atoms with Gasteiger partial charge in [-0.1, -0.05) is 32.0 Å². The molecule has 0 saturated heterocycles. The Morgan fingerprint density at radius 2 is 1.60 bits per heavy atom. The van der Waals surface area contributed by atoms with Gasteiger partial charge in [-0.15, -0.1) is 0 Å². The van der Waals surface area contributed by atoms with Crippen LogP contribution in [0.25, 0.3) is 10.9 Å². The third-order valence-electron chi connectivity index (χ3n) is 5.44. The number of hydrogen-bond donors (Lipinski definition) is 7. The van der Waals surface area contributed by atoms with Crippen LogP contribution < -0.4 is 21.7 Å². The molecule has 4 unspecified atom stereocenters. The van der Waals surface area contributed by atoms with Gasteiger partial charge in [-0.2, -0.15) is 0 Å². The molecule has 35 heavy (non-hydrogen) atoms. The van der Waals surface area contributed by atoms with E-state index < -0.39 is 66.2 Å². The summed E-state index contributed by atoms with van der Waals surface area (Å²) in [5.74, 6) is -5.13. The largest absolute Gasteiger partial charge is 0.481 e. The molecule has 2 aromatic rings. The van der Waals surface area contributed by atoms with Crippen molar-refractivity contribution in [2.75, 3.05) is 0 Å². The Hall–Kier alpha value is -3.93. The van der Waals surface area contributed by atoms with E-state index in [-0.39, 0.29) is 6.42 Å². The molecule has 190 valence electrons. The number of carboxylic acid groups (broad SMARTS) is 2. The number of carbonyl (C=O) groups excluding carboxylic acids is 3. The number of aromatic nitrogens is 1. The second-order valence-corrected chi connectivity index (χ2v) is 8.63. The molecule has 0 bridgehead atoms. The first-order valence-corrected chi connectivity index (χ1v) is 11.1. The minimum absolute atomic E-state index is 0.0256. The zero-order valence-corrected chi connectivity index (χ0v) is 19.7. The van der Waals surface area contributed by atoms with E-state index in [1.54, 1.807) is 20.0 Å². The van der Waals surface area contributed by atoms with Gasteiger partial charge < -0.3 is 36.9 Å².